The monoisotopic (exact) mass is 184 g/mol. The van der Waals surface area contributed by atoms with E-state index in [4.69, 9.17) is 5.73 Å². The Labute approximate surface area is 82.5 Å². The first-order valence-electron chi connectivity index (χ1n) is 5.74. The van der Waals surface area contributed by atoms with Crippen LogP contribution in [-0.4, -0.2) is 30.6 Å². The van der Waals surface area contributed by atoms with Crippen molar-refractivity contribution in [1.29, 1.82) is 0 Å². The van der Waals surface area contributed by atoms with Crippen LogP contribution in [0.4, 0.5) is 0 Å². The standard InChI is InChI=1S/C11H24N2/c1-3-7-13(8-10-5-6-10)9-11(12)4-2/h10-11H,3-9,12H2,1-2H3. The van der Waals surface area contributed by atoms with Gasteiger partial charge < -0.3 is 10.6 Å². The highest BCUT2D eigenvalue weighted by atomic mass is 15.1. The van der Waals surface area contributed by atoms with Gasteiger partial charge in [0.1, 0.15) is 0 Å². The van der Waals surface area contributed by atoms with Crippen LogP contribution in [0.3, 0.4) is 0 Å². The Morgan fingerprint density at radius 2 is 2.08 bits per heavy atom. The molecule has 1 rings (SSSR count). The first-order chi connectivity index (χ1) is 6.26. The van der Waals surface area contributed by atoms with Crippen LogP contribution in [0.15, 0.2) is 0 Å². The molecule has 78 valence electrons. The van der Waals surface area contributed by atoms with Gasteiger partial charge in [-0.3, -0.25) is 0 Å². The molecule has 1 fully saturated rings. The summed E-state index contributed by atoms with van der Waals surface area (Å²) in [5.74, 6) is 0.996. The molecule has 0 aromatic rings. The Balaban J connectivity index is 2.18. The van der Waals surface area contributed by atoms with E-state index in [9.17, 15) is 0 Å². The van der Waals surface area contributed by atoms with Gasteiger partial charge in [0.05, 0.1) is 0 Å². The molecule has 2 heteroatoms. The maximum Gasteiger partial charge on any atom is 0.0165 e. The average Bonchev–Trinajstić information content (AvgIpc) is 2.88. The highest BCUT2D eigenvalue weighted by Crippen LogP contribution is 2.29. The van der Waals surface area contributed by atoms with Crippen LogP contribution >= 0.6 is 0 Å². The number of nitrogens with two attached hydrogens (primary N) is 1. The fourth-order valence-corrected chi connectivity index (χ4v) is 1.70. The first kappa shape index (κ1) is 11.0. The van der Waals surface area contributed by atoms with Gasteiger partial charge in [0.2, 0.25) is 0 Å². The highest BCUT2D eigenvalue weighted by Gasteiger charge is 2.24. The van der Waals surface area contributed by atoms with Crippen LogP contribution in [-0.2, 0) is 0 Å². The summed E-state index contributed by atoms with van der Waals surface area (Å²) < 4.78 is 0. The van der Waals surface area contributed by atoms with Crippen molar-refractivity contribution in [3.05, 3.63) is 0 Å². The third-order valence-electron chi connectivity index (χ3n) is 2.77. The molecule has 0 aromatic carbocycles. The van der Waals surface area contributed by atoms with E-state index in [2.05, 4.69) is 18.7 Å². The number of nitrogens with zero attached hydrogens (tertiary/aromatic N) is 1. The number of rotatable bonds is 7. The molecular formula is C11H24N2. The van der Waals surface area contributed by atoms with E-state index >= 15 is 0 Å². The molecule has 1 aliphatic carbocycles. The van der Waals surface area contributed by atoms with Crippen molar-refractivity contribution in [2.45, 2.75) is 45.6 Å². The molecule has 0 aromatic heterocycles. The Bertz CT molecular complexity index is 132. The van der Waals surface area contributed by atoms with Gasteiger partial charge in [-0.2, -0.15) is 0 Å². The summed E-state index contributed by atoms with van der Waals surface area (Å²) in [5, 5.41) is 0. The predicted molar refractivity (Wildman–Crippen MR) is 57.7 cm³/mol. The van der Waals surface area contributed by atoms with E-state index in [1.165, 1.54) is 32.4 Å². The third-order valence-corrected chi connectivity index (χ3v) is 2.77. The molecule has 0 radical (unpaired) electrons. The summed E-state index contributed by atoms with van der Waals surface area (Å²) >= 11 is 0. The maximum absolute atomic E-state index is 5.96. The van der Waals surface area contributed by atoms with Crippen LogP contribution in [0.2, 0.25) is 0 Å². The lowest BCUT2D eigenvalue weighted by Crippen LogP contribution is -2.38. The molecule has 0 saturated heterocycles. The zero-order valence-electron chi connectivity index (χ0n) is 9.13. The molecule has 0 heterocycles. The normalized spacial score (nSPS) is 19.4. The fraction of sp³-hybridized carbons (Fsp3) is 1.00. The van der Waals surface area contributed by atoms with Gasteiger partial charge in [-0.15, -0.1) is 0 Å². The lowest BCUT2D eigenvalue weighted by atomic mass is 10.2. The summed E-state index contributed by atoms with van der Waals surface area (Å²) in [7, 11) is 0. The predicted octanol–water partition coefficient (Wildman–Crippen LogP) is 1.85. The average molecular weight is 184 g/mol. The van der Waals surface area contributed by atoms with Gasteiger partial charge >= 0.3 is 0 Å². The van der Waals surface area contributed by atoms with Gasteiger partial charge in [-0.25, -0.2) is 0 Å². The molecular weight excluding hydrogens is 160 g/mol. The van der Waals surface area contributed by atoms with Gasteiger partial charge in [0.25, 0.3) is 0 Å². The zero-order chi connectivity index (χ0) is 9.68. The van der Waals surface area contributed by atoms with Gasteiger partial charge in [-0.1, -0.05) is 13.8 Å². The molecule has 0 spiro atoms. The minimum absolute atomic E-state index is 0.380. The molecule has 13 heavy (non-hydrogen) atoms. The molecule has 1 aliphatic rings. The maximum atomic E-state index is 5.96. The zero-order valence-corrected chi connectivity index (χ0v) is 9.13. The van der Waals surface area contributed by atoms with E-state index in [-0.39, 0.29) is 0 Å². The molecule has 1 saturated carbocycles. The van der Waals surface area contributed by atoms with E-state index in [1.54, 1.807) is 0 Å². The SMILES string of the molecule is CCCN(CC(N)CC)CC1CC1. The van der Waals surface area contributed by atoms with Crippen molar-refractivity contribution in [1.82, 2.24) is 4.90 Å². The Morgan fingerprint density at radius 1 is 1.38 bits per heavy atom. The second-order valence-electron chi connectivity index (χ2n) is 4.37. The minimum atomic E-state index is 0.380. The van der Waals surface area contributed by atoms with Gasteiger partial charge in [0, 0.05) is 19.1 Å². The smallest absolute Gasteiger partial charge is 0.0165 e. The third kappa shape index (κ3) is 4.63. The molecule has 1 atom stereocenters. The van der Waals surface area contributed by atoms with Crippen molar-refractivity contribution < 1.29 is 0 Å². The molecule has 2 N–H and O–H groups in total. The fourth-order valence-electron chi connectivity index (χ4n) is 1.70. The topological polar surface area (TPSA) is 29.3 Å². The minimum Gasteiger partial charge on any atom is -0.327 e. The summed E-state index contributed by atoms with van der Waals surface area (Å²) in [6, 6.07) is 0.380. The van der Waals surface area contributed by atoms with Crippen molar-refractivity contribution in [3.63, 3.8) is 0 Å². The molecule has 0 amide bonds. The van der Waals surface area contributed by atoms with Crippen molar-refractivity contribution in [2.24, 2.45) is 11.7 Å². The molecule has 0 aliphatic heterocycles. The van der Waals surface area contributed by atoms with Crippen molar-refractivity contribution in [3.8, 4) is 0 Å². The van der Waals surface area contributed by atoms with Crippen LogP contribution < -0.4 is 5.73 Å². The largest absolute Gasteiger partial charge is 0.327 e. The Hall–Kier alpha value is -0.0800. The van der Waals surface area contributed by atoms with Crippen LogP contribution in [0, 0.1) is 5.92 Å². The van der Waals surface area contributed by atoms with Crippen LogP contribution in [0.5, 0.6) is 0 Å². The molecule has 0 bridgehead atoms. The lowest BCUT2D eigenvalue weighted by molar-refractivity contribution is 0.245. The van der Waals surface area contributed by atoms with E-state index < -0.39 is 0 Å². The molecule has 2 nitrogen and oxygen atoms in total. The highest BCUT2D eigenvalue weighted by molar-refractivity contribution is 4.78. The quantitative estimate of drug-likeness (QED) is 0.654. The Morgan fingerprint density at radius 3 is 2.54 bits per heavy atom. The second kappa shape index (κ2) is 5.61. The summed E-state index contributed by atoms with van der Waals surface area (Å²) in [6.45, 7) is 8.04. The van der Waals surface area contributed by atoms with Gasteiger partial charge in [0.15, 0.2) is 0 Å². The number of hydrogen-bond acceptors (Lipinski definition) is 2. The summed E-state index contributed by atoms with van der Waals surface area (Å²) in [5.41, 5.74) is 5.96. The van der Waals surface area contributed by atoms with Crippen LogP contribution in [0.1, 0.15) is 39.5 Å². The van der Waals surface area contributed by atoms with Crippen molar-refractivity contribution >= 4 is 0 Å². The van der Waals surface area contributed by atoms with E-state index in [1.807, 2.05) is 0 Å². The lowest BCUT2D eigenvalue weighted by Gasteiger charge is -2.24. The van der Waals surface area contributed by atoms with E-state index in [0.717, 1.165) is 18.9 Å². The molecule has 1 unspecified atom stereocenters. The number of hydrogen-bond donors (Lipinski definition) is 1. The summed E-state index contributed by atoms with van der Waals surface area (Å²) in [6.07, 6.45) is 5.25. The summed E-state index contributed by atoms with van der Waals surface area (Å²) in [4.78, 5) is 2.55. The van der Waals surface area contributed by atoms with Crippen molar-refractivity contribution in [2.75, 3.05) is 19.6 Å². The Kier molecular flexibility index (Phi) is 4.74. The van der Waals surface area contributed by atoms with E-state index in [0.29, 0.717) is 6.04 Å². The van der Waals surface area contributed by atoms with Gasteiger partial charge in [-0.05, 0) is 38.1 Å². The van der Waals surface area contributed by atoms with Crippen LogP contribution in [0.25, 0.3) is 0 Å². The second-order valence-corrected chi connectivity index (χ2v) is 4.37. The first-order valence-corrected chi connectivity index (χ1v) is 5.74.